The normalized spacial score (nSPS) is 19.5. The molecular formula is C15H20ClTa. The summed E-state index contributed by atoms with van der Waals surface area (Å²) in [5, 5.41) is 0. The van der Waals surface area contributed by atoms with Crippen LogP contribution in [-0.4, -0.2) is 4.23 Å². The molecule has 92 valence electrons. The summed E-state index contributed by atoms with van der Waals surface area (Å²) < 4.78 is 2.26. The molecule has 0 heterocycles. The molecule has 0 aromatic carbocycles. The van der Waals surface area contributed by atoms with E-state index in [0.29, 0.717) is 5.41 Å². The van der Waals surface area contributed by atoms with Crippen LogP contribution in [0.15, 0.2) is 0 Å². The van der Waals surface area contributed by atoms with Gasteiger partial charge >= 0.3 is 57.8 Å². The Morgan fingerprint density at radius 1 is 0.706 bits per heavy atom. The van der Waals surface area contributed by atoms with Gasteiger partial charge in [-0.3, -0.25) is 0 Å². The Labute approximate surface area is 122 Å². The van der Waals surface area contributed by atoms with Crippen molar-refractivity contribution in [1.29, 1.82) is 0 Å². The van der Waals surface area contributed by atoms with Crippen LogP contribution in [0.25, 0.3) is 0 Å². The van der Waals surface area contributed by atoms with Gasteiger partial charge in [0.15, 0.2) is 0 Å². The van der Waals surface area contributed by atoms with Crippen LogP contribution in [-0.2, 0) is 18.2 Å². The minimum Gasteiger partial charge on any atom is -0.0312 e. The maximum atomic E-state index is 5.61. The molecule has 0 aliphatic heterocycles. The molecule has 2 aliphatic carbocycles. The van der Waals surface area contributed by atoms with E-state index in [1.165, 1.54) is 0 Å². The van der Waals surface area contributed by atoms with Gasteiger partial charge in [-0.1, -0.05) is 0 Å². The summed E-state index contributed by atoms with van der Waals surface area (Å²) in [4.78, 5) is 0. The molecule has 2 aliphatic rings. The van der Waals surface area contributed by atoms with E-state index in [4.69, 9.17) is 9.19 Å². The molecule has 2 saturated carbocycles. The molecule has 0 nitrogen and oxygen atoms in total. The fourth-order valence-corrected chi connectivity index (χ4v) is 4.24. The zero-order valence-electron chi connectivity index (χ0n) is 10.7. The second-order valence-electron chi connectivity index (χ2n) is 4.52. The summed E-state index contributed by atoms with van der Waals surface area (Å²) >= 11 is -0.643. The Morgan fingerprint density at radius 3 is 1.00 bits per heavy atom. The van der Waals surface area contributed by atoms with Gasteiger partial charge in [0, 0.05) is 0 Å². The Morgan fingerprint density at radius 2 is 0.941 bits per heavy atom. The van der Waals surface area contributed by atoms with E-state index in [9.17, 15) is 0 Å². The third kappa shape index (κ3) is 16.9. The molecule has 0 saturated heterocycles. The molecule has 0 bridgehead atoms. The van der Waals surface area contributed by atoms with Crippen LogP contribution >= 0.6 is 9.19 Å². The van der Waals surface area contributed by atoms with Crippen LogP contribution < -0.4 is 0 Å². The van der Waals surface area contributed by atoms with Crippen molar-refractivity contribution in [2.75, 3.05) is 0 Å². The predicted octanol–water partition coefficient (Wildman–Crippen LogP) is 4.11. The molecule has 0 spiro atoms. The van der Waals surface area contributed by atoms with Crippen LogP contribution in [0.5, 0.6) is 0 Å². The standard InChI is InChI=1S/2C5H5.C5H10.ClH.Ta/c2*1-2-4-5-3-1;1-5(2,3)4;;/h2*1-5H;1H,2-4H3;1H;/q;;;;+1/p-1. The molecule has 0 N–H and O–H groups in total. The van der Waals surface area contributed by atoms with Crippen molar-refractivity contribution < 1.29 is 18.2 Å². The molecule has 10 radical (unpaired) electrons. The molecule has 2 heteroatoms. The summed E-state index contributed by atoms with van der Waals surface area (Å²) in [6.07, 6.45) is 20.0. The van der Waals surface area contributed by atoms with Gasteiger partial charge in [0.25, 0.3) is 0 Å². The third-order valence-corrected chi connectivity index (χ3v) is 5.48. The van der Waals surface area contributed by atoms with Crippen LogP contribution in [0.4, 0.5) is 0 Å². The van der Waals surface area contributed by atoms with Gasteiger partial charge in [-0.05, 0) is 64.2 Å². The maximum absolute atomic E-state index is 5.61. The van der Waals surface area contributed by atoms with Gasteiger partial charge in [0.05, 0.1) is 0 Å². The van der Waals surface area contributed by atoms with Gasteiger partial charge in [-0.2, -0.15) is 0 Å². The average Bonchev–Trinajstić information content (AvgIpc) is 2.96. The summed E-state index contributed by atoms with van der Waals surface area (Å²) in [5.74, 6) is 0. The molecule has 0 amide bonds. The molecule has 17 heavy (non-hydrogen) atoms. The van der Waals surface area contributed by atoms with Crippen molar-refractivity contribution in [1.82, 2.24) is 0 Å². The Bertz CT molecular complexity index is 149. The summed E-state index contributed by atoms with van der Waals surface area (Å²) in [5.41, 5.74) is 0.374. The second-order valence-corrected chi connectivity index (χ2v) is 7.74. The first-order chi connectivity index (χ1) is 8.06. The number of halogens is 1. The van der Waals surface area contributed by atoms with Gasteiger partial charge in [0.2, 0.25) is 0 Å². The molecular weight excluding hydrogens is 397 g/mol. The molecule has 2 fully saturated rings. The zero-order valence-corrected chi connectivity index (χ0v) is 14.6. The fourth-order valence-electron chi connectivity index (χ4n) is 0.788. The summed E-state index contributed by atoms with van der Waals surface area (Å²) in [7, 11) is 5.61. The molecule has 0 atom stereocenters. The maximum Gasteiger partial charge on any atom is -0.0312 e. The van der Waals surface area contributed by atoms with E-state index in [1.807, 2.05) is 64.2 Å². The molecule has 0 aromatic heterocycles. The van der Waals surface area contributed by atoms with Crippen molar-refractivity contribution in [2.24, 2.45) is 5.41 Å². The van der Waals surface area contributed by atoms with Gasteiger partial charge in [-0.15, -0.1) is 0 Å². The smallest absolute Gasteiger partial charge is 0.0312 e. The van der Waals surface area contributed by atoms with Crippen LogP contribution in [0.3, 0.4) is 0 Å². The van der Waals surface area contributed by atoms with E-state index < -0.39 is 18.2 Å². The van der Waals surface area contributed by atoms with Crippen molar-refractivity contribution in [2.45, 2.75) is 20.8 Å². The van der Waals surface area contributed by atoms with E-state index in [-0.39, 0.29) is 0 Å². The SMILES string of the molecule is CC(C)(C)[CH]=[Ta][Cl].[CH]1[CH][CH][CH][CH]1.[CH]1[CH][CH][CH][CH]1. The topological polar surface area (TPSA) is 0 Å². The van der Waals surface area contributed by atoms with E-state index in [0.717, 1.165) is 0 Å². The van der Waals surface area contributed by atoms with Crippen LogP contribution in [0.2, 0.25) is 0 Å². The largest absolute Gasteiger partial charge is 0.0312 e. The Balaban J connectivity index is 0.000000229. The Kier molecular flexibility index (Phi) is 12.6. The first kappa shape index (κ1) is 17.9. The fraction of sp³-hybridized carbons (Fsp3) is 0.267. The summed E-state index contributed by atoms with van der Waals surface area (Å²) in [6, 6.07) is 0. The monoisotopic (exact) mass is 416 g/mol. The van der Waals surface area contributed by atoms with Crippen molar-refractivity contribution in [3.05, 3.63) is 64.2 Å². The molecule has 0 unspecified atom stereocenters. The zero-order chi connectivity index (χ0) is 13.0. The van der Waals surface area contributed by atoms with Crippen LogP contribution in [0.1, 0.15) is 20.8 Å². The third-order valence-electron chi connectivity index (χ3n) is 1.55. The number of rotatable bonds is 0. The first-order valence-corrected chi connectivity index (χ1v) is 11.4. The second kappa shape index (κ2) is 12.0. The quantitative estimate of drug-likeness (QED) is 0.557. The van der Waals surface area contributed by atoms with Crippen molar-refractivity contribution >= 4 is 13.4 Å². The van der Waals surface area contributed by atoms with Crippen LogP contribution in [0, 0.1) is 69.6 Å². The van der Waals surface area contributed by atoms with Crippen molar-refractivity contribution in [3.63, 3.8) is 0 Å². The predicted molar refractivity (Wildman–Crippen MR) is 74.4 cm³/mol. The average molecular weight is 417 g/mol. The van der Waals surface area contributed by atoms with E-state index in [1.54, 1.807) is 0 Å². The van der Waals surface area contributed by atoms with Gasteiger partial charge in [0.1, 0.15) is 0 Å². The first-order valence-electron chi connectivity index (χ1n) is 5.55. The number of hydrogen-bond donors (Lipinski definition) is 0. The minimum absolute atomic E-state index is 0.374. The van der Waals surface area contributed by atoms with Gasteiger partial charge in [-0.25, -0.2) is 0 Å². The van der Waals surface area contributed by atoms with E-state index >= 15 is 0 Å². The van der Waals surface area contributed by atoms with Crippen molar-refractivity contribution in [3.8, 4) is 0 Å². The number of hydrogen-bond acceptors (Lipinski definition) is 0. The Hall–Kier alpha value is 0.900. The van der Waals surface area contributed by atoms with E-state index in [2.05, 4.69) is 25.0 Å². The van der Waals surface area contributed by atoms with Gasteiger partial charge < -0.3 is 0 Å². The molecule has 2 rings (SSSR count). The molecule has 0 aromatic rings. The minimum atomic E-state index is -0.643. The summed E-state index contributed by atoms with van der Waals surface area (Å²) in [6.45, 7) is 6.54.